The van der Waals surface area contributed by atoms with E-state index in [0.717, 1.165) is 21.2 Å². The predicted molar refractivity (Wildman–Crippen MR) is 74.4 cm³/mol. The molecule has 0 amide bonds. The Labute approximate surface area is 114 Å². The second-order valence-corrected chi connectivity index (χ2v) is 5.22. The molecular weight excluding hydrogens is 300 g/mol. The first-order valence-corrected chi connectivity index (χ1v) is 6.45. The third-order valence-corrected chi connectivity index (χ3v) is 3.68. The molecule has 0 aliphatic rings. The maximum atomic E-state index is 10.4. The molecule has 0 aromatic heterocycles. The van der Waals surface area contributed by atoms with Crippen LogP contribution >= 0.6 is 27.5 Å². The van der Waals surface area contributed by atoms with Crippen LogP contribution in [0.15, 0.2) is 46.9 Å². The quantitative estimate of drug-likeness (QED) is 0.866. The molecule has 17 heavy (non-hydrogen) atoms. The Morgan fingerprint density at radius 2 is 1.82 bits per heavy atom. The summed E-state index contributed by atoms with van der Waals surface area (Å²) in [5, 5.41) is 11.1. The fraction of sp³-hybridized carbons (Fsp3) is 0.143. The third-order valence-electron chi connectivity index (χ3n) is 2.73. The van der Waals surface area contributed by atoms with Gasteiger partial charge in [-0.25, -0.2) is 0 Å². The van der Waals surface area contributed by atoms with Gasteiger partial charge >= 0.3 is 0 Å². The first-order chi connectivity index (χ1) is 8.09. The van der Waals surface area contributed by atoms with Gasteiger partial charge in [-0.05, 0) is 41.8 Å². The molecule has 0 saturated carbocycles. The van der Waals surface area contributed by atoms with Crippen molar-refractivity contribution in [2.75, 3.05) is 0 Å². The monoisotopic (exact) mass is 310 g/mol. The van der Waals surface area contributed by atoms with Crippen molar-refractivity contribution < 1.29 is 5.11 Å². The van der Waals surface area contributed by atoms with Gasteiger partial charge in [-0.1, -0.05) is 51.8 Å². The second-order valence-electron chi connectivity index (χ2n) is 3.92. The van der Waals surface area contributed by atoms with E-state index in [1.54, 1.807) is 6.07 Å². The number of hydrogen-bond acceptors (Lipinski definition) is 1. The number of benzene rings is 2. The lowest BCUT2D eigenvalue weighted by Gasteiger charge is -2.15. The maximum absolute atomic E-state index is 10.4. The van der Waals surface area contributed by atoms with Gasteiger partial charge in [0.2, 0.25) is 0 Å². The zero-order valence-corrected chi connectivity index (χ0v) is 11.7. The van der Waals surface area contributed by atoms with Crippen LogP contribution in [-0.2, 0) is 0 Å². The molecule has 1 nitrogen and oxygen atoms in total. The Kier molecular flexibility index (Phi) is 3.87. The van der Waals surface area contributed by atoms with Crippen LogP contribution in [0, 0.1) is 6.92 Å². The van der Waals surface area contributed by atoms with Crippen LogP contribution in [0.25, 0.3) is 0 Å². The van der Waals surface area contributed by atoms with Crippen LogP contribution in [0.2, 0.25) is 5.02 Å². The Morgan fingerprint density at radius 3 is 2.47 bits per heavy atom. The molecule has 88 valence electrons. The van der Waals surface area contributed by atoms with Crippen LogP contribution in [0.4, 0.5) is 0 Å². The van der Waals surface area contributed by atoms with Gasteiger partial charge in [0.1, 0.15) is 6.10 Å². The molecule has 1 atom stereocenters. The summed E-state index contributed by atoms with van der Waals surface area (Å²) >= 11 is 9.36. The highest BCUT2D eigenvalue weighted by Crippen LogP contribution is 2.30. The third kappa shape index (κ3) is 2.71. The van der Waals surface area contributed by atoms with Crippen LogP contribution in [0.5, 0.6) is 0 Å². The fourth-order valence-corrected chi connectivity index (χ4v) is 2.54. The smallest absolute Gasteiger partial charge is 0.105 e. The molecule has 2 aromatic carbocycles. The van der Waals surface area contributed by atoms with Crippen LogP contribution in [-0.4, -0.2) is 5.11 Å². The largest absolute Gasteiger partial charge is 0.384 e. The van der Waals surface area contributed by atoms with Crippen LogP contribution < -0.4 is 0 Å². The van der Waals surface area contributed by atoms with Crippen molar-refractivity contribution in [2.24, 2.45) is 0 Å². The second kappa shape index (κ2) is 5.21. The molecule has 2 rings (SSSR count). The van der Waals surface area contributed by atoms with Gasteiger partial charge in [0.15, 0.2) is 0 Å². The molecular formula is C14H12BrClO. The van der Waals surface area contributed by atoms with E-state index < -0.39 is 6.10 Å². The molecule has 0 bridgehead atoms. The van der Waals surface area contributed by atoms with E-state index in [0.29, 0.717) is 5.02 Å². The lowest BCUT2D eigenvalue weighted by atomic mass is 9.98. The average molecular weight is 312 g/mol. The highest BCUT2D eigenvalue weighted by atomic mass is 79.9. The summed E-state index contributed by atoms with van der Waals surface area (Å²) in [6.07, 6.45) is -0.636. The van der Waals surface area contributed by atoms with E-state index >= 15 is 0 Å². The van der Waals surface area contributed by atoms with Crippen molar-refractivity contribution in [3.8, 4) is 0 Å². The van der Waals surface area contributed by atoms with E-state index in [1.807, 2.05) is 43.3 Å². The average Bonchev–Trinajstić information content (AvgIpc) is 2.29. The molecule has 0 saturated heterocycles. The number of rotatable bonds is 2. The predicted octanol–water partition coefficient (Wildman–Crippen LogP) is 4.49. The van der Waals surface area contributed by atoms with Gasteiger partial charge in [-0.3, -0.25) is 0 Å². The van der Waals surface area contributed by atoms with Gasteiger partial charge in [0.05, 0.1) is 0 Å². The van der Waals surface area contributed by atoms with Crippen molar-refractivity contribution in [1.29, 1.82) is 0 Å². The van der Waals surface area contributed by atoms with E-state index in [1.165, 1.54) is 0 Å². The summed E-state index contributed by atoms with van der Waals surface area (Å²) in [5.74, 6) is 0. The van der Waals surface area contributed by atoms with E-state index in [9.17, 15) is 5.11 Å². The minimum atomic E-state index is -0.636. The van der Waals surface area contributed by atoms with E-state index in [-0.39, 0.29) is 0 Å². The lowest BCUT2D eigenvalue weighted by molar-refractivity contribution is 0.219. The van der Waals surface area contributed by atoms with Gasteiger partial charge in [-0.15, -0.1) is 0 Å². The van der Waals surface area contributed by atoms with Crippen LogP contribution in [0.3, 0.4) is 0 Å². The first-order valence-electron chi connectivity index (χ1n) is 5.28. The van der Waals surface area contributed by atoms with Crippen molar-refractivity contribution in [3.05, 3.63) is 68.7 Å². The number of aryl methyl sites for hydroxylation is 1. The Bertz CT molecular complexity index is 539. The normalized spacial score (nSPS) is 12.5. The minimum Gasteiger partial charge on any atom is -0.384 e. The van der Waals surface area contributed by atoms with Crippen LogP contribution in [0.1, 0.15) is 22.8 Å². The summed E-state index contributed by atoms with van der Waals surface area (Å²) in [6, 6.07) is 13.2. The zero-order chi connectivity index (χ0) is 12.4. The summed E-state index contributed by atoms with van der Waals surface area (Å²) in [6.45, 7) is 1.95. The fourth-order valence-electron chi connectivity index (χ4n) is 1.81. The number of halogens is 2. The molecule has 0 aliphatic heterocycles. The molecule has 3 heteroatoms. The molecule has 0 spiro atoms. The van der Waals surface area contributed by atoms with Crippen molar-refractivity contribution in [1.82, 2.24) is 0 Å². The Balaban J connectivity index is 2.44. The molecule has 0 radical (unpaired) electrons. The van der Waals surface area contributed by atoms with Crippen molar-refractivity contribution in [3.63, 3.8) is 0 Å². The van der Waals surface area contributed by atoms with Gasteiger partial charge in [0.25, 0.3) is 0 Å². The molecule has 0 unspecified atom stereocenters. The summed E-state index contributed by atoms with van der Waals surface area (Å²) in [5.41, 5.74) is 2.72. The maximum Gasteiger partial charge on any atom is 0.105 e. The van der Waals surface area contributed by atoms with Gasteiger partial charge < -0.3 is 5.11 Å². The van der Waals surface area contributed by atoms with Gasteiger partial charge in [-0.2, -0.15) is 0 Å². The van der Waals surface area contributed by atoms with E-state index in [4.69, 9.17) is 11.6 Å². The topological polar surface area (TPSA) is 20.2 Å². The number of aliphatic hydroxyl groups excluding tert-OH is 1. The Morgan fingerprint density at radius 1 is 1.12 bits per heavy atom. The number of aliphatic hydroxyl groups is 1. The lowest BCUT2D eigenvalue weighted by Crippen LogP contribution is -2.02. The molecule has 0 aliphatic carbocycles. The van der Waals surface area contributed by atoms with Gasteiger partial charge in [0, 0.05) is 9.50 Å². The number of hydrogen-bond donors (Lipinski definition) is 1. The molecule has 1 N–H and O–H groups in total. The standard InChI is InChI=1S/C14H12BrClO/c1-9-8-10(16)6-7-11(9)14(17)12-4-2-3-5-13(12)15/h2-8,14,17H,1H3/t14-/m0/s1. The van der Waals surface area contributed by atoms with Crippen molar-refractivity contribution in [2.45, 2.75) is 13.0 Å². The summed E-state index contributed by atoms with van der Waals surface area (Å²) in [4.78, 5) is 0. The highest BCUT2D eigenvalue weighted by Gasteiger charge is 2.15. The summed E-state index contributed by atoms with van der Waals surface area (Å²) in [7, 11) is 0. The molecule has 0 heterocycles. The molecule has 2 aromatic rings. The SMILES string of the molecule is Cc1cc(Cl)ccc1[C@H](O)c1ccccc1Br. The van der Waals surface area contributed by atoms with E-state index in [2.05, 4.69) is 15.9 Å². The Hall–Kier alpha value is -0.830. The minimum absolute atomic E-state index is 0.636. The first kappa shape index (κ1) is 12.6. The molecule has 0 fully saturated rings. The highest BCUT2D eigenvalue weighted by molar-refractivity contribution is 9.10. The summed E-state index contributed by atoms with van der Waals surface area (Å²) < 4.78 is 0.904. The van der Waals surface area contributed by atoms with Crippen molar-refractivity contribution >= 4 is 27.5 Å². The zero-order valence-electron chi connectivity index (χ0n) is 9.32.